The molecule has 1 heterocycles. The van der Waals surface area contributed by atoms with Crippen molar-refractivity contribution >= 4 is 22.4 Å². The highest BCUT2D eigenvalue weighted by atomic mass is 32.2. The Kier molecular flexibility index (Phi) is 3.94. The van der Waals surface area contributed by atoms with Crippen molar-refractivity contribution in [1.82, 2.24) is 5.32 Å². The zero-order valence-corrected chi connectivity index (χ0v) is 11.6. The van der Waals surface area contributed by atoms with Crippen LogP contribution in [0.4, 0.5) is 5.69 Å². The van der Waals surface area contributed by atoms with Gasteiger partial charge in [0.2, 0.25) is 6.79 Å². The topological polar surface area (TPSA) is 90.7 Å². The number of nitrogens with one attached hydrogen (secondary N) is 1. The molecular weight excluding hydrogens is 268 g/mol. The summed E-state index contributed by atoms with van der Waals surface area (Å²) in [4.78, 5) is 12.0. The van der Waals surface area contributed by atoms with E-state index in [0.717, 1.165) is 0 Å². The van der Waals surface area contributed by atoms with E-state index in [1.807, 2.05) is 0 Å². The van der Waals surface area contributed by atoms with Crippen LogP contribution in [0.1, 0.15) is 17.3 Å². The van der Waals surface area contributed by atoms with Gasteiger partial charge in [0, 0.05) is 40.6 Å². The lowest BCUT2D eigenvalue weighted by atomic mass is 10.1. The van der Waals surface area contributed by atoms with Gasteiger partial charge in [0.15, 0.2) is 11.5 Å². The second-order valence-electron chi connectivity index (χ2n) is 4.31. The molecule has 7 heteroatoms. The number of hydrogen-bond donors (Lipinski definition) is 2. The second kappa shape index (κ2) is 5.48. The van der Waals surface area contributed by atoms with Gasteiger partial charge in [-0.3, -0.25) is 9.00 Å². The number of hydrogen-bond acceptors (Lipinski definition) is 5. The molecule has 0 spiro atoms. The van der Waals surface area contributed by atoms with Gasteiger partial charge in [-0.15, -0.1) is 0 Å². The summed E-state index contributed by atoms with van der Waals surface area (Å²) < 4.78 is 21.6. The van der Waals surface area contributed by atoms with E-state index in [4.69, 9.17) is 15.2 Å². The third-order valence-corrected chi connectivity index (χ3v) is 4.21. The predicted octanol–water partition coefficient (Wildman–Crippen LogP) is 0.494. The Morgan fingerprint density at radius 3 is 2.74 bits per heavy atom. The molecule has 1 aromatic carbocycles. The maximum atomic E-state index is 12.0. The van der Waals surface area contributed by atoms with Gasteiger partial charge in [-0.25, -0.2) is 0 Å². The van der Waals surface area contributed by atoms with E-state index in [0.29, 0.717) is 29.3 Å². The van der Waals surface area contributed by atoms with Crippen LogP contribution in [0.15, 0.2) is 12.1 Å². The molecule has 3 N–H and O–H groups in total. The minimum Gasteiger partial charge on any atom is -0.454 e. The lowest BCUT2D eigenvalue weighted by Crippen LogP contribution is -2.32. The minimum atomic E-state index is -0.979. The summed E-state index contributed by atoms with van der Waals surface area (Å²) in [5.41, 5.74) is 6.46. The molecule has 0 aromatic heterocycles. The summed E-state index contributed by atoms with van der Waals surface area (Å²) in [7, 11) is -0.979. The van der Waals surface area contributed by atoms with E-state index in [-0.39, 0.29) is 18.0 Å². The number of ether oxygens (including phenoxy) is 2. The number of rotatable bonds is 4. The zero-order valence-electron chi connectivity index (χ0n) is 10.8. The first kappa shape index (κ1) is 13.7. The van der Waals surface area contributed by atoms with Gasteiger partial charge in [0.1, 0.15) is 0 Å². The average molecular weight is 284 g/mol. The molecule has 0 saturated carbocycles. The fourth-order valence-corrected chi connectivity index (χ4v) is 1.92. The smallest absolute Gasteiger partial charge is 0.253 e. The van der Waals surface area contributed by atoms with E-state index < -0.39 is 10.8 Å². The molecule has 6 nitrogen and oxygen atoms in total. The number of anilines is 1. The quantitative estimate of drug-likeness (QED) is 0.785. The monoisotopic (exact) mass is 284 g/mol. The second-order valence-corrected chi connectivity index (χ2v) is 6.11. The minimum absolute atomic E-state index is 0.112. The van der Waals surface area contributed by atoms with E-state index in [9.17, 15) is 9.00 Å². The summed E-state index contributed by atoms with van der Waals surface area (Å²) in [5.74, 6) is 0.733. The standard InChI is InChI=1S/C12H16N2O4S/c1-7(19(2)16)5-14-12(15)8-3-10-11(4-9(8)13)18-6-17-10/h3-4,7H,5-6,13H2,1-2H3,(H,14,15). The number of carbonyl (C=O) groups is 1. The van der Waals surface area contributed by atoms with Crippen LogP contribution in [0.3, 0.4) is 0 Å². The highest BCUT2D eigenvalue weighted by Gasteiger charge is 2.20. The van der Waals surface area contributed by atoms with Crippen molar-refractivity contribution in [2.75, 3.05) is 25.3 Å². The van der Waals surface area contributed by atoms with Crippen molar-refractivity contribution in [3.63, 3.8) is 0 Å². The summed E-state index contributed by atoms with van der Waals surface area (Å²) in [5, 5.41) is 2.59. The van der Waals surface area contributed by atoms with Crippen molar-refractivity contribution in [2.45, 2.75) is 12.2 Å². The summed E-state index contributed by atoms with van der Waals surface area (Å²) in [6, 6.07) is 3.12. The maximum absolute atomic E-state index is 12.0. The molecule has 104 valence electrons. The molecule has 1 amide bonds. The molecule has 1 aliphatic heterocycles. The molecule has 0 aliphatic carbocycles. The summed E-state index contributed by atoms with van der Waals surface area (Å²) in [6.45, 7) is 2.26. The molecule has 2 atom stereocenters. The van der Waals surface area contributed by atoms with E-state index >= 15 is 0 Å². The van der Waals surface area contributed by atoms with Gasteiger partial charge in [-0.2, -0.15) is 0 Å². The van der Waals surface area contributed by atoms with Gasteiger partial charge >= 0.3 is 0 Å². The van der Waals surface area contributed by atoms with Crippen molar-refractivity contribution < 1.29 is 18.5 Å². The number of amides is 1. The first-order chi connectivity index (χ1) is 8.99. The van der Waals surface area contributed by atoms with Gasteiger partial charge in [-0.1, -0.05) is 0 Å². The molecule has 0 bridgehead atoms. The van der Waals surface area contributed by atoms with Crippen molar-refractivity contribution in [2.24, 2.45) is 0 Å². The molecular formula is C12H16N2O4S. The van der Waals surface area contributed by atoms with Crippen LogP contribution >= 0.6 is 0 Å². The van der Waals surface area contributed by atoms with Gasteiger partial charge < -0.3 is 20.5 Å². The first-order valence-corrected chi connectivity index (χ1v) is 7.40. The molecule has 1 aromatic rings. The van der Waals surface area contributed by atoms with Crippen LogP contribution in [0.25, 0.3) is 0 Å². The third-order valence-electron chi connectivity index (χ3n) is 2.91. The largest absolute Gasteiger partial charge is 0.454 e. The van der Waals surface area contributed by atoms with E-state index in [1.165, 1.54) is 0 Å². The molecule has 0 saturated heterocycles. The van der Waals surface area contributed by atoms with Crippen molar-refractivity contribution in [1.29, 1.82) is 0 Å². The highest BCUT2D eigenvalue weighted by Crippen LogP contribution is 2.35. The van der Waals surface area contributed by atoms with Crippen LogP contribution < -0.4 is 20.5 Å². The van der Waals surface area contributed by atoms with Crippen molar-refractivity contribution in [3.8, 4) is 11.5 Å². The number of nitrogens with two attached hydrogens (primary N) is 1. The zero-order chi connectivity index (χ0) is 14.0. The van der Waals surface area contributed by atoms with Crippen LogP contribution in [0, 0.1) is 0 Å². The predicted molar refractivity (Wildman–Crippen MR) is 72.8 cm³/mol. The lowest BCUT2D eigenvalue weighted by molar-refractivity contribution is 0.0954. The number of carbonyl (C=O) groups excluding carboxylic acids is 1. The highest BCUT2D eigenvalue weighted by molar-refractivity contribution is 7.84. The van der Waals surface area contributed by atoms with E-state index in [2.05, 4.69) is 5.32 Å². The summed E-state index contributed by atoms with van der Waals surface area (Å²) >= 11 is 0. The molecule has 0 fully saturated rings. The van der Waals surface area contributed by atoms with Crippen LogP contribution in [0.2, 0.25) is 0 Å². The SMILES string of the molecule is CC(CNC(=O)c1cc2c(cc1N)OCO2)S(C)=O. The Bertz CT molecular complexity index is 533. The number of fused-ring (bicyclic) bond motifs is 1. The van der Waals surface area contributed by atoms with Crippen molar-refractivity contribution in [3.05, 3.63) is 17.7 Å². The molecule has 2 unspecified atom stereocenters. The van der Waals surface area contributed by atoms with Crippen LogP contribution in [-0.2, 0) is 10.8 Å². The average Bonchev–Trinajstić information content (AvgIpc) is 2.81. The van der Waals surface area contributed by atoms with Gasteiger partial charge in [0.25, 0.3) is 5.91 Å². The van der Waals surface area contributed by atoms with Crippen LogP contribution in [-0.4, -0.2) is 35.0 Å². The van der Waals surface area contributed by atoms with Gasteiger partial charge in [-0.05, 0) is 13.0 Å². The Balaban J connectivity index is 2.09. The Hall–Kier alpha value is -1.76. The Morgan fingerprint density at radius 1 is 1.47 bits per heavy atom. The van der Waals surface area contributed by atoms with Gasteiger partial charge in [0.05, 0.1) is 5.56 Å². The number of nitrogen functional groups attached to an aromatic ring is 1. The maximum Gasteiger partial charge on any atom is 0.253 e. The third kappa shape index (κ3) is 2.98. The normalized spacial score (nSPS) is 15.9. The Morgan fingerprint density at radius 2 is 2.11 bits per heavy atom. The fraction of sp³-hybridized carbons (Fsp3) is 0.417. The fourth-order valence-electron chi connectivity index (χ4n) is 1.60. The van der Waals surface area contributed by atoms with E-state index in [1.54, 1.807) is 25.3 Å². The molecule has 19 heavy (non-hydrogen) atoms. The summed E-state index contributed by atoms with van der Waals surface area (Å²) in [6.07, 6.45) is 1.60. The lowest BCUT2D eigenvalue weighted by Gasteiger charge is -2.11. The first-order valence-electron chi connectivity index (χ1n) is 5.78. The molecule has 1 aliphatic rings. The molecule has 0 radical (unpaired) electrons. The Labute approximate surface area is 113 Å². The molecule has 2 rings (SSSR count). The number of benzene rings is 1. The van der Waals surface area contributed by atoms with Crippen LogP contribution in [0.5, 0.6) is 11.5 Å².